The van der Waals surface area contributed by atoms with E-state index < -0.39 is 0 Å². The number of carbonyl (C=O) groups is 2. The van der Waals surface area contributed by atoms with Gasteiger partial charge < -0.3 is 14.6 Å². The first kappa shape index (κ1) is 24.0. The van der Waals surface area contributed by atoms with Gasteiger partial charge in [0.25, 0.3) is 0 Å². The summed E-state index contributed by atoms with van der Waals surface area (Å²) in [5.41, 5.74) is 2.62. The van der Waals surface area contributed by atoms with Crippen LogP contribution < -0.4 is 5.32 Å². The third kappa shape index (κ3) is 5.02. The van der Waals surface area contributed by atoms with E-state index in [9.17, 15) is 9.59 Å². The monoisotopic (exact) mass is 504 g/mol. The molecule has 0 radical (unpaired) electrons. The molecule has 3 heterocycles. The number of nitrogens with one attached hydrogen (secondary N) is 1. The van der Waals surface area contributed by atoms with E-state index in [-0.39, 0.29) is 17.6 Å². The van der Waals surface area contributed by atoms with E-state index in [1.807, 2.05) is 11.5 Å². The molecule has 0 saturated heterocycles. The molecule has 0 spiro atoms. The Labute approximate surface area is 206 Å². The molecule has 0 saturated carbocycles. The van der Waals surface area contributed by atoms with Gasteiger partial charge in [0.1, 0.15) is 5.00 Å². The summed E-state index contributed by atoms with van der Waals surface area (Å²) in [6, 6.07) is 2.17. The molecule has 0 aromatic carbocycles. The minimum absolute atomic E-state index is 0.171. The fourth-order valence-corrected chi connectivity index (χ4v) is 6.87. The van der Waals surface area contributed by atoms with Crippen molar-refractivity contribution in [3.63, 3.8) is 0 Å². The van der Waals surface area contributed by atoms with Gasteiger partial charge in [0.2, 0.25) is 5.91 Å². The van der Waals surface area contributed by atoms with E-state index in [4.69, 9.17) is 4.74 Å². The minimum Gasteiger partial charge on any atom is -0.462 e. The molecule has 176 valence electrons. The first-order valence-electron chi connectivity index (χ1n) is 11.2. The maximum absolute atomic E-state index is 12.8. The molecule has 0 unspecified atom stereocenters. The lowest BCUT2D eigenvalue weighted by Crippen LogP contribution is -2.17. The van der Waals surface area contributed by atoms with E-state index in [1.54, 1.807) is 18.3 Å². The van der Waals surface area contributed by atoms with Crippen LogP contribution in [0.5, 0.6) is 0 Å². The molecule has 0 aliphatic heterocycles. The largest absolute Gasteiger partial charge is 0.462 e. The zero-order valence-electron chi connectivity index (χ0n) is 19.3. The smallest absolute Gasteiger partial charge is 0.341 e. The number of ether oxygens (including phenoxy) is 1. The summed E-state index contributed by atoms with van der Waals surface area (Å²) < 4.78 is 7.28. The second-order valence-electron chi connectivity index (χ2n) is 8.06. The Bertz CT molecular complexity index is 1160. The van der Waals surface area contributed by atoms with Gasteiger partial charge in [-0.3, -0.25) is 4.79 Å². The number of amides is 1. The number of hydrogen-bond donors (Lipinski definition) is 1. The summed E-state index contributed by atoms with van der Waals surface area (Å²) in [6.07, 6.45) is 2.84. The average Bonchev–Trinajstić information content (AvgIpc) is 3.54. The SMILES string of the molecule is CCOC(=O)c1c(NC(=O)CSc2nnc(-c3csc(C(C)C)c3)n2CC)sc2c1CCC2. The molecular formula is C23H28N4O3S3. The van der Waals surface area contributed by atoms with E-state index in [2.05, 4.69) is 40.8 Å². The highest BCUT2D eigenvalue weighted by Gasteiger charge is 2.28. The number of rotatable bonds is 9. The summed E-state index contributed by atoms with van der Waals surface area (Å²) in [6.45, 7) is 9.21. The fraction of sp³-hybridized carbons (Fsp3) is 0.478. The van der Waals surface area contributed by atoms with Crippen molar-refractivity contribution >= 4 is 51.3 Å². The Morgan fingerprint density at radius 1 is 1.27 bits per heavy atom. The van der Waals surface area contributed by atoms with Crippen LogP contribution in [0.25, 0.3) is 11.4 Å². The van der Waals surface area contributed by atoms with Gasteiger partial charge in [-0.1, -0.05) is 25.6 Å². The van der Waals surface area contributed by atoms with Gasteiger partial charge in [-0.05, 0) is 50.7 Å². The third-order valence-corrected chi connectivity index (χ3v) is 8.87. The molecule has 10 heteroatoms. The summed E-state index contributed by atoms with van der Waals surface area (Å²) in [5.74, 6) is 0.950. The predicted molar refractivity (Wildman–Crippen MR) is 135 cm³/mol. The first-order chi connectivity index (χ1) is 15.9. The number of aryl methyl sites for hydroxylation is 1. The number of hydrogen-bond acceptors (Lipinski definition) is 8. The second-order valence-corrected chi connectivity index (χ2v) is 11.1. The van der Waals surface area contributed by atoms with Crippen molar-refractivity contribution in [2.24, 2.45) is 0 Å². The molecule has 3 aromatic heterocycles. The lowest BCUT2D eigenvalue weighted by Gasteiger charge is -2.09. The number of thioether (sulfide) groups is 1. The number of thiophene rings is 2. The maximum atomic E-state index is 12.8. The van der Waals surface area contributed by atoms with Crippen LogP contribution in [0.1, 0.15) is 65.7 Å². The van der Waals surface area contributed by atoms with E-state index >= 15 is 0 Å². The van der Waals surface area contributed by atoms with Gasteiger partial charge in [-0.2, -0.15) is 0 Å². The number of esters is 1. The van der Waals surface area contributed by atoms with Crippen LogP contribution in [0.2, 0.25) is 0 Å². The molecule has 1 N–H and O–H groups in total. The van der Waals surface area contributed by atoms with Gasteiger partial charge in [-0.25, -0.2) is 4.79 Å². The van der Waals surface area contributed by atoms with Crippen LogP contribution in [0.15, 0.2) is 16.6 Å². The first-order valence-corrected chi connectivity index (χ1v) is 13.9. The van der Waals surface area contributed by atoms with Crippen molar-refractivity contribution in [3.8, 4) is 11.4 Å². The van der Waals surface area contributed by atoms with Crippen LogP contribution in [0.3, 0.4) is 0 Å². The number of carbonyl (C=O) groups excluding carboxylic acids is 2. The molecular weight excluding hydrogens is 476 g/mol. The molecule has 1 amide bonds. The number of fused-ring (bicyclic) bond motifs is 1. The van der Waals surface area contributed by atoms with E-state index in [1.165, 1.54) is 32.9 Å². The Balaban J connectivity index is 1.46. The number of aromatic nitrogens is 3. The minimum atomic E-state index is -0.355. The van der Waals surface area contributed by atoms with Crippen molar-refractivity contribution in [2.75, 3.05) is 17.7 Å². The number of anilines is 1. The molecule has 33 heavy (non-hydrogen) atoms. The Kier molecular flexibility index (Phi) is 7.55. The molecule has 1 aliphatic carbocycles. The van der Waals surface area contributed by atoms with Gasteiger partial charge >= 0.3 is 5.97 Å². The molecule has 4 rings (SSSR count). The normalized spacial score (nSPS) is 12.9. The van der Waals surface area contributed by atoms with Crippen molar-refractivity contribution < 1.29 is 14.3 Å². The van der Waals surface area contributed by atoms with Crippen LogP contribution in [0.4, 0.5) is 5.00 Å². The van der Waals surface area contributed by atoms with Crippen LogP contribution in [-0.2, 0) is 28.9 Å². The summed E-state index contributed by atoms with van der Waals surface area (Å²) in [5, 5.41) is 15.1. The quantitative estimate of drug-likeness (QED) is 0.301. The zero-order chi connectivity index (χ0) is 23.5. The third-order valence-electron chi connectivity index (χ3n) is 5.47. The molecule has 3 aromatic rings. The maximum Gasteiger partial charge on any atom is 0.341 e. The average molecular weight is 505 g/mol. The van der Waals surface area contributed by atoms with E-state index in [0.29, 0.717) is 34.8 Å². The van der Waals surface area contributed by atoms with Crippen molar-refractivity contribution in [1.82, 2.24) is 14.8 Å². The lowest BCUT2D eigenvalue weighted by atomic mass is 10.1. The zero-order valence-corrected chi connectivity index (χ0v) is 21.7. The Morgan fingerprint density at radius 2 is 2.09 bits per heavy atom. The Morgan fingerprint density at radius 3 is 2.79 bits per heavy atom. The number of nitrogens with zero attached hydrogens (tertiary/aromatic N) is 3. The van der Waals surface area contributed by atoms with E-state index in [0.717, 1.165) is 36.2 Å². The predicted octanol–water partition coefficient (Wildman–Crippen LogP) is 5.61. The summed E-state index contributed by atoms with van der Waals surface area (Å²) >= 11 is 4.57. The topological polar surface area (TPSA) is 86.1 Å². The Hall–Kier alpha value is -2.17. The highest BCUT2D eigenvalue weighted by Crippen LogP contribution is 2.39. The van der Waals surface area contributed by atoms with Gasteiger partial charge in [0.15, 0.2) is 11.0 Å². The van der Waals surface area contributed by atoms with Gasteiger partial charge in [-0.15, -0.1) is 32.9 Å². The molecule has 0 fully saturated rings. The lowest BCUT2D eigenvalue weighted by molar-refractivity contribution is -0.113. The van der Waals surface area contributed by atoms with Crippen molar-refractivity contribution in [2.45, 2.75) is 64.6 Å². The van der Waals surface area contributed by atoms with Crippen molar-refractivity contribution in [3.05, 3.63) is 32.3 Å². The molecule has 7 nitrogen and oxygen atoms in total. The van der Waals surface area contributed by atoms with Gasteiger partial charge in [0.05, 0.1) is 17.9 Å². The fourth-order valence-electron chi connectivity index (χ4n) is 3.87. The molecule has 0 atom stereocenters. The molecule has 1 aliphatic rings. The summed E-state index contributed by atoms with van der Waals surface area (Å²) in [7, 11) is 0. The molecule has 0 bridgehead atoms. The van der Waals surface area contributed by atoms with Crippen LogP contribution in [-0.4, -0.2) is 39.0 Å². The van der Waals surface area contributed by atoms with Crippen LogP contribution in [0, 0.1) is 0 Å². The van der Waals surface area contributed by atoms with Crippen molar-refractivity contribution in [1.29, 1.82) is 0 Å². The standard InChI is InChI=1S/C23H28N4O3S3/c1-5-27-20(14-10-17(13(3)4)31-11-14)25-26-23(27)32-12-18(28)24-21-19(22(29)30-6-2)15-8-7-9-16(15)33-21/h10-11,13H,5-9,12H2,1-4H3,(H,24,28). The summed E-state index contributed by atoms with van der Waals surface area (Å²) in [4.78, 5) is 27.8. The highest BCUT2D eigenvalue weighted by atomic mass is 32.2. The highest BCUT2D eigenvalue weighted by molar-refractivity contribution is 7.99. The van der Waals surface area contributed by atoms with Crippen LogP contribution >= 0.6 is 34.4 Å². The van der Waals surface area contributed by atoms with Gasteiger partial charge in [0, 0.05) is 27.2 Å². The second kappa shape index (κ2) is 10.4.